The maximum atomic E-state index is 13.4. The summed E-state index contributed by atoms with van der Waals surface area (Å²) in [6.07, 6.45) is 0.559. The highest BCUT2D eigenvalue weighted by Gasteiger charge is 2.30. The van der Waals surface area contributed by atoms with Crippen molar-refractivity contribution in [3.05, 3.63) is 63.6 Å². The first-order chi connectivity index (χ1) is 14.5. The zero-order valence-corrected chi connectivity index (χ0v) is 20.2. The minimum Gasteiger partial charge on any atom is -0.497 e. The molecule has 2 aromatic rings. The summed E-state index contributed by atoms with van der Waals surface area (Å²) in [5.74, 6) is 0.363. The monoisotopic (exact) mass is 464 g/mol. The van der Waals surface area contributed by atoms with Gasteiger partial charge in [0.05, 0.1) is 13.5 Å². The number of hydrogen-bond acceptors (Lipinski definition) is 3. The number of rotatable bonds is 8. The van der Waals surface area contributed by atoms with Crippen molar-refractivity contribution in [2.45, 2.75) is 58.7 Å². The molecule has 0 radical (unpaired) electrons. The lowest BCUT2D eigenvalue weighted by Crippen LogP contribution is -2.53. The summed E-state index contributed by atoms with van der Waals surface area (Å²) in [5.41, 5.74) is 1.17. The Kier molecular flexibility index (Phi) is 8.78. The van der Waals surface area contributed by atoms with Crippen LogP contribution >= 0.6 is 23.2 Å². The van der Waals surface area contributed by atoms with Crippen LogP contribution in [0.2, 0.25) is 10.0 Å². The average Bonchev–Trinajstić information content (AvgIpc) is 2.69. The third-order valence-electron chi connectivity index (χ3n) is 4.75. The zero-order chi connectivity index (χ0) is 23.2. The normalized spacial score (nSPS) is 12.2. The van der Waals surface area contributed by atoms with Crippen molar-refractivity contribution in [2.24, 2.45) is 0 Å². The van der Waals surface area contributed by atoms with E-state index in [2.05, 4.69) is 5.32 Å². The smallest absolute Gasteiger partial charge is 0.243 e. The third-order valence-corrected chi connectivity index (χ3v) is 5.34. The summed E-state index contributed by atoms with van der Waals surface area (Å²) in [5, 5.41) is 3.93. The molecule has 0 bridgehead atoms. The Morgan fingerprint density at radius 3 is 2.26 bits per heavy atom. The molecule has 0 aliphatic carbocycles. The van der Waals surface area contributed by atoms with Gasteiger partial charge >= 0.3 is 0 Å². The first-order valence-corrected chi connectivity index (χ1v) is 11.0. The second kappa shape index (κ2) is 10.9. The zero-order valence-electron chi connectivity index (χ0n) is 18.7. The first-order valence-electron chi connectivity index (χ1n) is 10.2. The number of methoxy groups -OCH3 is 1. The van der Waals surface area contributed by atoms with Crippen molar-refractivity contribution in [1.82, 2.24) is 10.2 Å². The van der Waals surface area contributed by atoms with E-state index in [-0.39, 0.29) is 18.2 Å². The molecule has 2 amide bonds. The minimum atomic E-state index is -0.611. The number of amides is 2. The molecule has 0 aromatic heterocycles. The largest absolute Gasteiger partial charge is 0.497 e. The summed E-state index contributed by atoms with van der Waals surface area (Å²) < 4.78 is 5.22. The molecule has 31 heavy (non-hydrogen) atoms. The van der Waals surface area contributed by atoms with E-state index in [0.29, 0.717) is 28.6 Å². The number of carbonyl (C=O) groups is 2. The summed E-state index contributed by atoms with van der Waals surface area (Å²) in [6, 6.07) is 11.9. The van der Waals surface area contributed by atoms with Gasteiger partial charge in [-0.25, -0.2) is 0 Å². The van der Waals surface area contributed by atoms with Crippen molar-refractivity contribution in [3.8, 4) is 5.75 Å². The molecule has 5 nitrogen and oxygen atoms in total. The lowest BCUT2D eigenvalue weighted by Gasteiger charge is -2.33. The van der Waals surface area contributed by atoms with Crippen LogP contribution in [0.4, 0.5) is 0 Å². The van der Waals surface area contributed by atoms with Crippen molar-refractivity contribution in [1.29, 1.82) is 0 Å². The fourth-order valence-electron chi connectivity index (χ4n) is 3.23. The maximum Gasteiger partial charge on any atom is 0.243 e. The Morgan fingerprint density at radius 2 is 1.74 bits per heavy atom. The number of nitrogens with one attached hydrogen (secondary N) is 1. The van der Waals surface area contributed by atoms with Crippen molar-refractivity contribution < 1.29 is 14.3 Å². The lowest BCUT2D eigenvalue weighted by atomic mass is 10.0. The molecule has 2 aromatic carbocycles. The van der Waals surface area contributed by atoms with Gasteiger partial charge in [-0.05, 0) is 62.6 Å². The van der Waals surface area contributed by atoms with E-state index in [9.17, 15) is 9.59 Å². The predicted octanol–water partition coefficient (Wildman–Crippen LogP) is 5.27. The molecule has 0 fully saturated rings. The first kappa shape index (κ1) is 25.0. The van der Waals surface area contributed by atoms with Crippen LogP contribution in [0.5, 0.6) is 5.75 Å². The molecule has 1 N–H and O–H groups in total. The molecule has 0 aliphatic rings. The summed E-state index contributed by atoms with van der Waals surface area (Å²) in [7, 11) is 1.60. The summed E-state index contributed by atoms with van der Waals surface area (Å²) in [4.78, 5) is 28.0. The fourth-order valence-corrected chi connectivity index (χ4v) is 3.70. The van der Waals surface area contributed by atoms with Crippen molar-refractivity contribution in [2.75, 3.05) is 7.11 Å². The minimum absolute atomic E-state index is 0.0749. The highest BCUT2D eigenvalue weighted by Crippen LogP contribution is 2.23. The van der Waals surface area contributed by atoms with Gasteiger partial charge in [0.2, 0.25) is 11.8 Å². The van der Waals surface area contributed by atoms with Gasteiger partial charge in [0, 0.05) is 22.1 Å². The molecule has 0 spiro atoms. The van der Waals surface area contributed by atoms with E-state index in [0.717, 1.165) is 11.3 Å². The van der Waals surface area contributed by atoms with Crippen LogP contribution in [0, 0.1) is 0 Å². The SMILES string of the molecule is CC[C@@H](C(=O)NC(C)(C)C)N(Cc1ccc(OC)cc1)C(=O)Cc1ccc(Cl)cc1Cl. The maximum absolute atomic E-state index is 13.4. The average molecular weight is 465 g/mol. The van der Waals surface area contributed by atoms with E-state index in [1.807, 2.05) is 52.0 Å². The topological polar surface area (TPSA) is 58.6 Å². The van der Waals surface area contributed by atoms with Gasteiger partial charge in [0.25, 0.3) is 0 Å². The second-order valence-corrected chi connectivity index (χ2v) is 9.29. The van der Waals surface area contributed by atoms with E-state index >= 15 is 0 Å². The Balaban J connectivity index is 2.34. The fraction of sp³-hybridized carbons (Fsp3) is 0.417. The molecule has 168 valence electrons. The predicted molar refractivity (Wildman–Crippen MR) is 126 cm³/mol. The van der Waals surface area contributed by atoms with Gasteiger partial charge in [-0.3, -0.25) is 9.59 Å². The number of nitrogens with zero attached hydrogens (tertiary/aromatic N) is 1. The number of hydrogen-bond donors (Lipinski definition) is 1. The molecule has 0 aliphatic heterocycles. The number of benzene rings is 2. The highest BCUT2D eigenvalue weighted by atomic mass is 35.5. The van der Waals surface area contributed by atoms with Crippen LogP contribution in [0.25, 0.3) is 0 Å². The standard InChI is InChI=1S/C24H30Cl2N2O3/c1-6-21(23(30)27-24(2,3)4)28(15-16-7-11-19(31-5)12-8-16)22(29)13-17-9-10-18(25)14-20(17)26/h7-12,14,21H,6,13,15H2,1-5H3,(H,27,30)/t21-/m0/s1. The van der Waals surface area contributed by atoms with E-state index < -0.39 is 11.6 Å². The molecular weight excluding hydrogens is 435 g/mol. The van der Waals surface area contributed by atoms with Gasteiger partial charge in [-0.15, -0.1) is 0 Å². The van der Waals surface area contributed by atoms with E-state index in [1.54, 1.807) is 30.2 Å². The Bertz CT molecular complexity index is 908. The van der Waals surface area contributed by atoms with Gasteiger partial charge in [0.1, 0.15) is 11.8 Å². The molecule has 7 heteroatoms. The van der Waals surface area contributed by atoms with Crippen molar-refractivity contribution >= 4 is 35.0 Å². The van der Waals surface area contributed by atoms with Crippen LogP contribution < -0.4 is 10.1 Å². The van der Waals surface area contributed by atoms with Gasteiger partial charge < -0.3 is 15.0 Å². The van der Waals surface area contributed by atoms with Gasteiger partial charge in [0.15, 0.2) is 0 Å². The second-order valence-electron chi connectivity index (χ2n) is 8.45. The summed E-state index contributed by atoms with van der Waals surface area (Å²) in [6.45, 7) is 7.95. The van der Waals surface area contributed by atoms with Crippen molar-refractivity contribution in [3.63, 3.8) is 0 Å². The van der Waals surface area contributed by atoms with Crippen LogP contribution in [-0.4, -0.2) is 35.4 Å². The van der Waals surface area contributed by atoms with Crippen LogP contribution in [-0.2, 0) is 22.6 Å². The molecule has 2 rings (SSSR count). The third kappa shape index (κ3) is 7.44. The van der Waals surface area contributed by atoms with Crippen LogP contribution in [0.3, 0.4) is 0 Å². The van der Waals surface area contributed by atoms with Gasteiger partial charge in [-0.2, -0.15) is 0 Å². The van der Waals surface area contributed by atoms with E-state index in [4.69, 9.17) is 27.9 Å². The molecule has 0 saturated carbocycles. The Hall–Kier alpha value is -2.24. The number of halogens is 2. The number of ether oxygens (including phenoxy) is 1. The molecule has 0 unspecified atom stereocenters. The molecule has 1 atom stereocenters. The molecular formula is C24H30Cl2N2O3. The summed E-state index contributed by atoms with van der Waals surface area (Å²) >= 11 is 12.3. The van der Waals surface area contributed by atoms with Crippen LogP contribution in [0.1, 0.15) is 45.2 Å². The molecule has 0 heterocycles. The van der Waals surface area contributed by atoms with E-state index in [1.165, 1.54) is 0 Å². The molecule has 0 saturated heterocycles. The Labute approximate surface area is 194 Å². The van der Waals surface area contributed by atoms with Gasteiger partial charge in [-0.1, -0.05) is 48.3 Å². The highest BCUT2D eigenvalue weighted by molar-refractivity contribution is 6.35. The Morgan fingerprint density at radius 1 is 1.10 bits per heavy atom. The van der Waals surface area contributed by atoms with Crippen LogP contribution in [0.15, 0.2) is 42.5 Å². The lowest BCUT2D eigenvalue weighted by molar-refractivity contribution is -0.141. The quantitative estimate of drug-likeness (QED) is 0.578. The number of carbonyl (C=O) groups excluding carboxylic acids is 2.